The summed E-state index contributed by atoms with van der Waals surface area (Å²) in [5.74, 6) is 1.62. The molecule has 0 aliphatic heterocycles. The van der Waals surface area contributed by atoms with E-state index in [0.29, 0.717) is 5.92 Å². The van der Waals surface area contributed by atoms with Gasteiger partial charge in [-0.25, -0.2) is 4.98 Å². The first-order valence-electron chi connectivity index (χ1n) is 4.26. The Labute approximate surface area is 68.0 Å². The van der Waals surface area contributed by atoms with Crippen LogP contribution in [0.25, 0.3) is 0 Å². The summed E-state index contributed by atoms with van der Waals surface area (Å²) in [6, 6.07) is 0. The fourth-order valence-electron chi connectivity index (χ4n) is 1.27. The van der Waals surface area contributed by atoms with Crippen molar-refractivity contribution in [1.29, 1.82) is 0 Å². The molecular formula is C9H16N2. The van der Waals surface area contributed by atoms with Crippen LogP contribution in [-0.2, 0) is 0 Å². The molecule has 0 bridgehead atoms. The van der Waals surface area contributed by atoms with E-state index < -0.39 is 0 Å². The lowest BCUT2D eigenvalue weighted by atomic mass is 10.0. The number of nitrogens with zero attached hydrogens (tertiary/aromatic N) is 1. The molecule has 2 heteroatoms. The van der Waals surface area contributed by atoms with Gasteiger partial charge in [0.1, 0.15) is 5.82 Å². The van der Waals surface area contributed by atoms with Crippen LogP contribution in [-0.4, -0.2) is 9.97 Å². The summed E-state index contributed by atoms with van der Waals surface area (Å²) in [6.45, 7) is 6.41. The van der Waals surface area contributed by atoms with E-state index in [1.54, 1.807) is 0 Å². The van der Waals surface area contributed by atoms with Gasteiger partial charge in [-0.2, -0.15) is 0 Å². The van der Waals surface area contributed by atoms with E-state index >= 15 is 0 Å². The molecule has 0 aliphatic rings. The van der Waals surface area contributed by atoms with Crippen LogP contribution >= 0.6 is 0 Å². The van der Waals surface area contributed by atoms with Crippen LogP contribution in [0.15, 0.2) is 6.20 Å². The van der Waals surface area contributed by atoms with Gasteiger partial charge in [0.05, 0.1) is 5.69 Å². The van der Waals surface area contributed by atoms with Gasteiger partial charge >= 0.3 is 0 Å². The lowest BCUT2D eigenvalue weighted by Gasteiger charge is -2.04. The van der Waals surface area contributed by atoms with Crippen LogP contribution < -0.4 is 0 Å². The zero-order valence-electron chi connectivity index (χ0n) is 7.52. The smallest absolute Gasteiger partial charge is 0.103 e. The minimum Gasteiger partial charge on any atom is -0.349 e. The van der Waals surface area contributed by atoms with Gasteiger partial charge in [-0.1, -0.05) is 20.3 Å². The van der Waals surface area contributed by atoms with Crippen LogP contribution in [0.3, 0.4) is 0 Å². The predicted octanol–water partition coefficient (Wildman–Crippen LogP) is 2.62. The van der Waals surface area contributed by atoms with Crippen LogP contribution in [0.5, 0.6) is 0 Å². The number of imidazole rings is 1. The second-order valence-corrected chi connectivity index (χ2v) is 3.10. The number of hydrogen-bond acceptors (Lipinski definition) is 1. The number of rotatable bonds is 3. The zero-order chi connectivity index (χ0) is 8.27. The number of nitrogens with one attached hydrogen (secondary N) is 1. The van der Waals surface area contributed by atoms with Gasteiger partial charge in [-0.3, -0.25) is 0 Å². The largest absolute Gasteiger partial charge is 0.349 e. The molecule has 1 rings (SSSR count). The molecule has 0 saturated carbocycles. The Bertz CT molecular complexity index is 215. The van der Waals surface area contributed by atoms with Crippen LogP contribution in [0.1, 0.15) is 44.1 Å². The highest BCUT2D eigenvalue weighted by Crippen LogP contribution is 2.17. The number of aromatic amines is 1. The first-order valence-corrected chi connectivity index (χ1v) is 4.26. The summed E-state index contributed by atoms with van der Waals surface area (Å²) in [7, 11) is 0. The Balaban J connectivity index is 2.60. The molecule has 0 fully saturated rings. The minimum atomic E-state index is 0.602. The Kier molecular flexibility index (Phi) is 2.69. The maximum Gasteiger partial charge on any atom is 0.103 e. The highest BCUT2D eigenvalue weighted by Gasteiger charge is 2.06. The predicted molar refractivity (Wildman–Crippen MR) is 46.6 cm³/mol. The zero-order valence-corrected chi connectivity index (χ0v) is 7.52. The number of aryl methyl sites for hydroxylation is 1. The van der Waals surface area contributed by atoms with Gasteiger partial charge in [-0.15, -0.1) is 0 Å². The van der Waals surface area contributed by atoms with Gasteiger partial charge in [-0.05, 0) is 19.3 Å². The number of aromatic nitrogens is 2. The molecule has 0 spiro atoms. The van der Waals surface area contributed by atoms with Crippen molar-refractivity contribution in [3.05, 3.63) is 17.7 Å². The molecule has 1 atom stereocenters. The molecule has 0 radical (unpaired) electrons. The van der Waals surface area contributed by atoms with Gasteiger partial charge < -0.3 is 4.98 Å². The molecule has 1 heterocycles. The standard InChI is InChI=1S/C9H16N2/c1-4-5-7(2)9-6-10-8(3)11-9/h6-7H,4-5H2,1-3H3,(H,10,11). The van der Waals surface area contributed by atoms with Gasteiger partial charge in [0.15, 0.2) is 0 Å². The van der Waals surface area contributed by atoms with E-state index in [2.05, 4.69) is 23.8 Å². The Hall–Kier alpha value is -0.790. The Morgan fingerprint density at radius 2 is 2.36 bits per heavy atom. The molecule has 1 N–H and O–H groups in total. The monoisotopic (exact) mass is 152 g/mol. The first-order chi connectivity index (χ1) is 5.24. The summed E-state index contributed by atoms with van der Waals surface area (Å²) >= 11 is 0. The lowest BCUT2D eigenvalue weighted by Crippen LogP contribution is -1.92. The molecule has 1 unspecified atom stereocenters. The fraction of sp³-hybridized carbons (Fsp3) is 0.667. The molecule has 0 saturated heterocycles. The van der Waals surface area contributed by atoms with Crippen molar-refractivity contribution in [2.24, 2.45) is 0 Å². The Morgan fingerprint density at radius 3 is 2.82 bits per heavy atom. The second-order valence-electron chi connectivity index (χ2n) is 3.10. The van der Waals surface area contributed by atoms with Crippen molar-refractivity contribution in [2.75, 3.05) is 0 Å². The lowest BCUT2D eigenvalue weighted by molar-refractivity contribution is 0.650. The van der Waals surface area contributed by atoms with Crippen molar-refractivity contribution in [3.63, 3.8) is 0 Å². The topological polar surface area (TPSA) is 28.7 Å². The fourth-order valence-corrected chi connectivity index (χ4v) is 1.27. The molecule has 1 aromatic heterocycles. The molecular weight excluding hydrogens is 136 g/mol. The average molecular weight is 152 g/mol. The van der Waals surface area contributed by atoms with Gasteiger partial charge in [0, 0.05) is 6.20 Å². The average Bonchev–Trinajstić information content (AvgIpc) is 2.36. The van der Waals surface area contributed by atoms with Crippen molar-refractivity contribution in [2.45, 2.75) is 39.5 Å². The van der Waals surface area contributed by atoms with Crippen molar-refractivity contribution < 1.29 is 0 Å². The second kappa shape index (κ2) is 3.56. The normalized spacial score (nSPS) is 13.4. The molecule has 1 aromatic rings. The highest BCUT2D eigenvalue weighted by molar-refractivity contribution is 5.05. The third-order valence-corrected chi connectivity index (χ3v) is 1.95. The van der Waals surface area contributed by atoms with Gasteiger partial charge in [0.2, 0.25) is 0 Å². The quantitative estimate of drug-likeness (QED) is 0.708. The van der Waals surface area contributed by atoms with E-state index in [0.717, 1.165) is 5.82 Å². The third kappa shape index (κ3) is 2.07. The van der Waals surface area contributed by atoms with Crippen molar-refractivity contribution in [3.8, 4) is 0 Å². The van der Waals surface area contributed by atoms with Gasteiger partial charge in [0.25, 0.3) is 0 Å². The molecule has 0 amide bonds. The molecule has 0 aromatic carbocycles. The van der Waals surface area contributed by atoms with Crippen molar-refractivity contribution in [1.82, 2.24) is 9.97 Å². The van der Waals surface area contributed by atoms with E-state index in [9.17, 15) is 0 Å². The molecule has 0 aliphatic carbocycles. The molecule has 62 valence electrons. The number of hydrogen-bond donors (Lipinski definition) is 1. The highest BCUT2D eigenvalue weighted by atomic mass is 14.9. The minimum absolute atomic E-state index is 0.602. The maximum absolute atomic E-state index is 4.37. The van der Waals surface area contributed by atoms with E-state index in [1.807, 2.05) is 13.1 Å². The molecule has 11 heavy (non-hydrogen) atoms. The van der Waals surface area contributed by atoms with E-state index in [1.165, 1.54) is 18.5 Å². The first kappa shape index (κ1) is 8.31. The van der Waals surface area contributed by atoms with E-state index in [-0.39, 0.29) is 0 Å². The molecule has 2 nitrogen and oxygen atoms in total. The summed E-state index contributed by atoms with van der Waals surface area (Å²) in [5.41, 5.74) is 1.20. The van der Waals surface area contributed by atoms with Crippen molar-refractivity contribution >= 4 is 0 Å². The van der Waals surface area contributed by atoms with Crippen LogP contribution in [0.2, 0.25) is 0 Å². The Morgan fingerprint density at radius 1 is 1.64 bits per heavy atom. The van der Waals surface area contributed by atoms with Crippen LogP contribution in [0, 0.1) is 6.92 Å². The summed E-state index contributed by atoms with van der Waals surface area (Å²) in [4.78, 5) is 7.47. The van der Waals surface area contributed by atoms with E-state index in [4.69, 9.17) is 0 Å². The summed E-state index contributed by atoms with van der Waals surface area (Å²) < 4.78 is 0. The summed E-state index contributed by atoms with van der Waals surface area (Å²) in [5, 5.41) is 0. The van der Waals surface area contributed by atoms with Crippen LogP contribution in [0.4, 0.5) is 0 Å². The summed E-state index contributed by atoms with van der Waals surface area (Å²) in [6.07, 6.45) is 4.47. The third-order valence-electron chi connectivity index (χ3n) is 1.95. The maximum atomic E-state index is 4.37. The SMILES string of the molecule is CCCC(C)c1c[nH]c(C)n1. The number of H-pyrrole nitrogens is 1.